The number of carbonyl (C=O) groups excluding carboxylic acids is 2. The summed E-state index contributed by atoms with van der Waals surface area (Å²) in [5.74, 6) is 0.304. The van der Waals surface area contributed by atoms with Gasteiger partial charge in [0.2, 0.25) is 0 Å². The molecule has 1 aromatic heterocycles. The molecule has 1 aliphatic heterocycles. The largest absolute Gasteiger partial charge is 0.489 e. The van der Waals surface area contributed by atoms with Gasteiger partial charge in [-0.3, -0.25) is 10.1 Å². The van der Waals surface area contributed by atoms with Crippen LogP contribution < -0.4 is 20.3 Å². The standard InChI is InChI=1S/C18H18F2N4O3/c1-10-7-15(21-8-11(10)16(19)20)23-18(26)22-12-9-27-14-6-4-3-5-13(14)24(2)17(12)25/h3-8,12,16H,9H2,1-2H3,(H2,21,22,23,26)/t12-/m0/s1. The van der Waals surface area contributed by atoms with Gasteiger partial charge >= 0.3 is 6.03 Å². The summed E-state index contributed by atoms with van der Waals surface area (Å²) < 4.78 is 31.1. The van der Waals surface area contributed by atoms with E-state index in [1.807, 2.05) is 0 Å². The number of nitrogens with one attached hydrogen (secondary N) is 2. The normalized spacial score (nSPS) is 16.4. The zero-order valence-corrected chi connectivity index (χ0v) is 14.7. The van der Waals surface area contributed by atoms with Crippen molar-refractivity contribution in [2.75, 3.05) is 23.9 Å². The molecule has 3 rings (SSSR count). The van der Waals surface area contributed by atoms with E-state index in [9.17, 15) is 18.4 Å². The summed E-state index contributed by atoms with van der Waals surface area (Å²) >= 11 is 0. The van der Waals surface area contributed by atoms with Crippen molar-refractivity contribution in [1.29, 1.82) is 0 Å². The second-order valence-electron chi connectivity index (χ2n) is 6.05. The van der Waals surface area contributed by atoms with Crippen molar-refractivity contribution in [2.45, 2.75) is 19.4 Å². The molecule has 0 radical (unpaired) electrons. The molecule has 9 heteroatoms. The SMILES string of the molecule is Cc1cc(NC(=O)N[C@H]2COc3ccccc3N(C)C2=O)ncc1C(F)F. The first kappa shape index (κ1) is 18.6. The van der Waals surface area contributed by atoms with Crippen LogP contribution in [0.1, 0.15) is 17.6 Å². The Hall–Kier alpha value is -3.23. The van der Waals surface area contributed by atoms with Crippen LogP contribution in [-0.4, -0.2) is 36.6 Å². The molecule has 7 nitrogen and oxygen atoms in total. The number of rotatable bonds is 3. The topological polar surface area (TPSA) is 83.6 Å². The lowest BCUT2D eigenvalue weighted by atomic mass is 10.1. The number of pyridine rings is 1. The number of alkyl halides is 2. The minimum Gasteiger partial charge on any atom is -0.489 e. The van der Waals surface area contributed by atoms with E-state index in [2.05, 4.69) is 15.6 Å². The molecule has 0 saturated heterocycles. The van der Waals surface area contributed by atoms with E-state index in [-0.39, 0.29) is 23.9 Å². The Morgan fingerprint density at radius 3 is 2.81 bits per heavy atom. The quantitative estimate of drug-likeness (QED) is 0.863. The van der Waals surface area contributed by atoms with Crippen LogP contribution in [0.2, 0.25) is 0 Å². The molecule has 0 aliphatic carbocycles. The Morgan fingerprint density at radius 1 is 1.37 bits per heavy atom. The predicted molar refractivity (Wildman–Crippen MR) is 95.2 cm³/mol. The smallest absolute Gasteiger partial charge is 0.321 e. The third-order valence-electron chi connectivity index (χ3n) is 4.19. The second-order valence-corrected chi connectivity index (χ2v) is 6.05. The number of urea groups is 1. The summed E-state index contributed by atoms with van der Waals surface area (Å²) in [6.07, 6.45) is -1.63. The average Bonchev–Trinajstić information content (AvgIpc) is 2.74. The van der Waals surface area contributed by atoms with E-state index in [0.717, 1.165) is 6.20 Å². The van der Waals surface area contributed by atoms with Gasteiger partial charge in [-0.15, -0.1) is 0 Å². The number of hydrogen-bond acceptors (Lipinski definition) is 4. The van der Waals surface area contributed by atoms with Crippen LogP contribution in [0.5, 0.6) is 5.75 Å². The second kappa shape index (κ2) is 7.56. The third-order valence-corrected chi connectivity index (χ3v) is 4.19. The number of benzene rings is 1. The number of para-hydroxylation sites is 2. The van der Waals surface area contributed by atoms with E-state index in [0.29, 0.717) is 17.0 Å². The fourth-order valence-electron chi connectivity index (χ4n) is 2.73. The van der Waals surface area contributed by atoms with E-state index in [1.165, 1.54) is 17.9 Å². The summed E-state index contributed by atoms with van der Waals surface area (Å²) in [5, 5.41) is 4.97. The molecular formula is C18H18F2N4O3. The van der Waals surface area contributed by atoms with Gasteiger partial charge in [0.15, 0.2) is 0 Å². The molecule has 1 aromatic carbocycles. The van der Waals surface area contributed by atoms with Gasteiger partial charge in [0.1, 0.15) is 24.2 Å². The highest BCUT2D eigenvalue weighted by Gasteiger charge is 2.30. The molecule has 1 atom stereocenters. The van der Waals surface area contributed by atoms with Crippen LogP contribution >= 0.6 is 0 Å². The number of fused-ring (bicyclic) bond motifs is 1. The molecule has 1 aliphatic rings. The highest BCUT2D eigenvalue weighted by Crippen LogP contribution is 2.29. The number of amides is 3. The molecule has 0 fully saturated rings. The molecule has 3 amide bonds. The molecule has 2 aromatic rings. The highest BCUT2D eigenvalue weighted by molar-refractivity contribution is 6.01. The predicted octanol–water partition coefficient (Wildman–Crippen LogP) is 2.87. The van der Waals surface area contributed by atoms with Crippen molar-refractivity contribution in [3.05, 3.63) is 47.7 Å². The molecule has 0 saturated carbocycles. The van der Waals surface area contributed by atoms with Crippen LogP contribution in [0, 0.1) is 6.92 Å². The summed E-state index contributed by atoms with van der Waals surface area (Å²) in [7, 11) is 1.59. The van der Waals surface area contributed by atoms with Crippen molar-refractivity contribution >= 4 is 23.4 Å². The number of aromatic nitrogens is 1. The Bertz CT molecular complexity index is 875. The minimum atomic E-state index is -2.64. The van der Waals surface area contributed by atoms with Gasteiger partial charge in [0, 0.05) is 18.8 Å². The Balaban J connectivity index is 1.68. The average molecular weight is 376 g/mol. The van der Waals surface area contributed by atoms with Gasteiger partial charge in [-0.2, -0.15) is 0 Å². The minimum absolute atomic E-state index is 0.0373. The zero-order chi connectivity index (χ0) is 19.6. The van der Waals surface area contributed by atoms with Crippen LogP contribution in [0.25, 0.3) is 0 Å². The lowest BCUT2D eigenvalue weighted by Crippen LogP contribution is -2.50. The molecule has 0 spiro atoms. The summed E-state index contributed by atoms with van der Waals surface area (Å²) in [5.41, 5.74) is 0.708. The summed E-state index contributed by atoms with van der Waals surface area (Å²) in [6.45, 7) is 1.46. The molecule has 2 N–H and O–H groups in total. The first-order valence-corrected chi connectivity index (χ1v) is 8.18. The van der Waals surface area contributed by atoms with Crippen molar-refractivity contribution in [1.82, 2.24) is 10.3 Å². The number of nitrogens with zero attached hydrogens (tertiary/aromatic N) is 2. The number of likely N-dealkylation sites (N-methyl/N-ethyl adjacent to an activating group) is 1. The van der Waals surface area contributed by atoms with Gasteiger partial charge in [-0.05, 0) is 30.7 Å². The lowest BCUT2D eigenvalue weighted by Gasteiger charge is -2.20. The number of hydrogen-bond donors (Lipinski definition) is 2. The van der Waals surface area contributed by atoms with Crippen LogP contribution in [0.15, 0.2) is 36.5 Å². The zero-order valence-electron chi connectivity index (χ0n) is 14.7. The van der Waals surface area contributed by atoms with Crippen molar-refractivity contribution in [2.24, 2.45) is 0 Å². The number of halogens is 2. The Kier molecular flexibility index (Phi) is 5.20. The van der Waals surface area contributed by atoms with E-state index in [4.69, 9.17) is 4.74 Å². The lowest BCUT2D eigenvalue weighted by molar-refractivity contribution is -0.120. The van der Waals surface area contributed by atoms with E-state index >= 15 is 0 Å². The molecular weight excluding hydrogens is 358 g/mol. The Labute approximate surface area is 154 Å². The van der Waals surface area contributed by atoms with Gasteiger partial charge in [-0.1, -0.05) is 12.1 Å². The fourth-order valence-corrected chi connectivity index (χ4v) is 2.73. The molecule has 0 unspecified atom stereocenters. The first-order chi connectivity index (χ1) is 12.9. The maximum absolute atomic E-state index is 12.8. The van der Waals surface area contributed by atoms with Crippen molar-refractivity contribution in [3.63, 3.8) is 0 Å². The first-order valence-electron chi connectivity index (χ1n) is 8.18. The number of aryl methyl sites for hydroxylation is 1. The highest BCUT2D eigenvalue weighted by atomic mass is 19.3. The number of carbonyl (C=O) groups is 2. The summed E-state index contributed by atoms with van der Waals surface area (Å²) in [4.78, 5) is 30.0. The molecule has 2 heterocycles. The van der Waals surface area contributed by atoms with Crippen molar-refractivity contribution in [3.8, 4) is 5.75 Å². The number of anilines is 2. The number of ether oxygens (including phenoxy) is 1. The Morgan fingerprint density at radius 2 is 2.11 bits per heavy atom. The van der Waals surface area contributed by atoms with Gasteiger partial charge < -0.3 is 15.0 Å². The van der Waals surface area contributed by atoms with Crippen LogP contribution in [0.3, 0.4) is 0 Å². The van der Waals surface area contributed by atoms with Crippen LogP contribution in [-0.2, 0) is 4.79 Å². The van der Waals surface area contributed by atoms with Gasteiger partial charge in [0.25, 0.3) is 12.3 Å². The van der Waals surface area contributed by atoms with Crippen LogP contribution in [0.4, 0.5) is 25.1 Å². The summed E-state index contributed by atoms with van der Waals surface area (Å²) in [6, 6.07) is 6.79. The fraction of sp³-hybridized carbons (Fsp3) is 0.278. The maximum Gasteiger partial charge on any atom is 0.321 e. The van der Waals surface area contributed by atoms with Crippen molar-refractivity contribution < 1.29 is 23.1 Å². The maximum atomic E-state index is 12.8. The monoisotopic (exact) mass is 376 g/mol. The molecule has 0 bridgehead atoms. The van der Waals surface area contributed by atoms with E-state index in [1.54, 1.807) is 31.3 Å². The van der Waals surface area contributed by atoms with Gasteiger partial charge in [0.05, 0.1) is 5.69 Å². The van der Waals surface area contributed by atoms with Gasteiger partial charge in [-0.25, -0.2) is 18.6 Å². The molecule has 27 heavy (non-hydrogen) atoms. The molecule has 142 valence electrons. The van der Waals surface area contributed by atoms with E-state index < -0.39 is 18.5 Å². The third kappa shape index (κ3) is 3.97.